The smallest absolute Gasteiger partial charge is 0.322 e. The van der Waals surface area contributed by atoms with Gasteiger partial charge in [-0.2, -0.15) is 5.26 Å². The van der Waals surface area contributed by atoms with E-state index in [0.717, 1.165) is 5.56 Å². The van der Waals surface area contributed by atoms with Crippen LogP contribution in [-0.2, 0) is 16.1 Å². The molecule has 1 aliphatic heterocycles. The number of amides is 2. The number of nitriles is 1. The Hall–Kier alpha value is -2.55. The number of carbonyl (C=O) groups excluding carboxylic acids is 2. The number of benzene rings is 1. The van der Waals surface area contributed by atoms with Crippen molar-refractivity contribution >= 4 is 17.5 Å². The van der Waals surface area contributed by atoms with Crippen LogP contribution in [0.15, 0.2) is 18.2 Å². The molecular formula is C12H11N3O3. The van der Waals surface area contributed by atoms with Gasteiger partial charge in [-0.1, -0.05) is 6.07 Å². The first-order valence-electron chi connectivity index (χ1n) is 5.38. The van der Waals surface area contributed by atoms with Crippen LogP contribution in [0.1, 0.15) is 12.5 Å². The molecule has 0 radical (unpaired) electrons. The summed E-state index contributed by atoms with van der Waals surface area (Å²) in [4.78, 5) is 22.2. The van der Waals surface area contributed by atoms with Gasteiger partial charge >= 0.3 is 5.91 Å². The minimum absolute atomic E-state index is 0.208. The zero-order valence-electron chi connectivity index (χ0n) is 9.69. The maximum Gasteiger partial charge on any atom is 0.322 e. The number of fused-ring (bicyclic) bond motifs is 1. The van der Waals surface area contributed by atoms with E-state index >= 15 is 0 Å². The lowest BCUT2D eigenvalue weighted by molar-refractivity contribution is -0.122. The van der Waals surface area contributed by atoms with Crippen molar-refractivity contribution in [2.45, 2.75) is 19.6 Å². The van der Waals surface area contributed by atoms with Crippen molar-refractivity contribution in [1.82, 2.24) is 5.32 Å². The summed E-state index contributed by atoms with van der Waals surface area (Å²) in [7, 11) is 0. The Morgan fingerprint density at radius 1 is 1.61 bits per heavy atom. The van der Waals surface area contributed by atoms with Crippen LogP contribution >= 0.6 is 0 Å². The van der Waals surface area contributed by atoms with Gasteiger partial charge < -0.3 is 15.4 Å². The minimum Gasteiger partial charge on any atom is -0.479 e. The van der Waals surface area contributed by atoms with E-state index in [1.807, 2.05) is 0 Å². The number of hydrogen-bond acceptors (Lipinski definition) is 4. The van der Waals surface area contributed by atoms with Crippen LogP contribution < -0.4 is 15.4 Å². The molecule has 0 spiro atoms. The highest BCUT2D eigenvalue weighted by atomic mass is 16.5. The highest BCUT2D eigenvalue weighted by Crippen LogP contribution is 2.30. The number of hydrogen-bond donors (Lipinski definition) is 2. The molecule has 2 rings (SSSR count). The van der Waals surface area contributed by atoms with Gasteiger partial charge in [-0.15, -0.1) is 0 Å². The molecule has 0 bridgehead atoms. The van der Waals surface area contributed by atoms with Crippen LogP contribution in [0.5, 0.6) is 5.75 Å². The Bertz CT molecular complexity index is 548. The first kappa shape index (κ1) is 11.9. The summed E-state index contributed by atoms with van der Waals surface area (Å²) in [5.74, 6) is -0.306. The minimum atomic E-state index is -0.693. The molecule has 1 unspecified atom stereocenters. The molecule has 0 fully saturated rings. The zero-order chi connectivity index (χ0) is 13.1. The van der Waals surface area contributed by atoms with E-state index in [0.29, 0.717) is 11.4 Å². The van der Waals surface area contributed by atoms with Crippen LogP contribution in [0.3, 0.4) is 0 Å². The summed E-state index contributed by atoms with van der Waals surface area (Å²) in [5.41, 5.74) is 1.35. The second-order valence-electron chi connectivity index (χ2n) is 3.87. The summed E-state index contributed by atoms with van der Waals surface area (Å²) in [5, 5.41) is 13.5. The van der Waals surface area contributed by atoms with E-state index in [4.69, 9.17) is 10.00 Å². The Balaban J connectivity index is 2.13. The third-order valence-corrected chi connectivity index (χ3v) is 2.53. The molecule has 2 N–H and O–H groups in total. The lowest BCUT2D eigenvalue weighted by Crippen LogP contribution is -2.34. The third kappa shape index (κ3) is 2.40. The van der Waals surface area contributed by atoms with Gasteiger partial charge in [0.15, 0.2) is 12.2 Å². The zero-order valence-corrected chi connectivity index (χ0v) is 9.69. The van der Waals surface area contributed by atoms with E-state index in [2.05, 4.69) is 10.6 Å². The SMILES string of the molecule is CC1Oc2ccc(CNC(=O)C#N)cc2NC1=O. The van der Waals surface area contributed by atoms with Crippen molar-refractivity contribution in [3.8, 4) is 11.8 Å². The molecule has 0 aromatic heterocycles. The molecule has 0 saturated heterocycles. The molecule has 1 aromatic rings. The van der Waals surface area contributed by atoms with E-state index < -0.39 is 12.0 Å². The van der Waals surface area contributed by atoms with Gasteiger partial charge in [0.25, 0.3) is 5.91 Å². The number of nitrogens with zero attached hydrogens (tertiary/aromatic N) is 1. The number of carbonyl (C=O) groups is 2. The first-order chi connectivity index (χ1) is 8.60. The largest absolute Gasteiger partial charge is 0.479 e. The van der Waals surface area contributed by atoms with Gasteiger partial charge in [0.1, 0.15) is 5.75 Å². The maximum atomic E-state index is 11.4. The van der Waals surface area contributed by atoms with Gasteiger partial charge in [0.05, 0.1) is 5.69 Å². The van der Waals surface area contributed by atoms with E-state index in [1.165, 1.54) is 6.07 Å². The van der Waals surface area contributed by atoms with E-state index in [-0.39, 0.29) is 12.5 Å². The molecule has 0 saturated carbocycles. The molecule has 6 nitrogen and oxygen atoms in total. The van der Waals surface area contributed by atoms with Gasteiger partial charge in [0, 0.05) is 6.54 Å². The molecule has 1 heterocycles. The molecular weight excluding hydrogens is 234 g/mol. The maximum absolute atomic E-state index is 11.4. The van der Waals surface area contributed by atoms with E-state index in [1.54, 1.807) is 25.1 Å². The number of anilines is 1. The first-order valence-corrected chi connectivity index (χ1v) is 5.38. The highest BCUT2D eigenvalue weighted by molar-refractivity contribution is 5.97. The molecule has 92 valence electrons. The Labute approximate surface area is 104 Å². The Kier molecular flexibility index (Phi) is 3.15. The molecule has 6 heteroatoms. The fourth-order valence-corrected chi connectivity index (χ4v) is 1.59. The van der Waals surface area contributed by atoms with Gasteiger partial charge in [-0.05, 0) is 24.6 Å². The average molecular weight is 245 g/mol. The number of nitrogens with one attached hydrogen (secondary N) is 2. The normalized spacial score (nSPS) is 16.9. The molecule has 2 amide bonds. The summed E-state index contributed by atoms with van der Waals surface area (Å²) in [6.45, 7) is 1.89. The topological polar surface area (TPSA) is 91.2 Å². The van der Waals surface area contributed by atoms with Crippen LogP contribution in [-0.4, -0.2) is 17.9 Å². The second-order valence-corrected chi connectivity index (χ2v) is 3.87. The Morgan fingerprint density at radius 3 is 3.11 bits per heavy atom. The fourth-order valence-electron chi connectivity index (χ4n) is 1.59. The highest BCUT2D eigenvalue weighted by Gasteiger charge is 2.23. The van der Waals surface area contributed by atoms with Crippen LogP contribution in [0, 0.1) is 11.3 Å². The lowest BCUT2D eigenvalue weighted by Gasteiger charge is -2.23. The van der Waals surface area contributed by atoms with Gasteiger partial charge in [-0.25, -0.2) is 0 Å². The van der Waals surface area contributed by atoms with Crippen LogP contribution in [0.25, 0.3) is 0 Å². The summed E-state index contributed by atoms with van der Waals surface area (Å²) in [6.07, 6.45) is -0.512. The number of ether oxygens (including phenoxy) is 1. The average Bonchev–Trinajstić information content (AvgIpc) is 2.37. The van der Waals surface area contributed by atoms with Crippen molar-refractivity contribution in [2.75, 3.05) is 5.32 Å². The summed E-state index contributed by atoms with van der Waals surface area (Å²) >= 11 is 0. The third-order valence-electron chi connectivity index (χ3n) is 2.53. The van der Waals surface area contributed by atoms with Crippen molar-refractivity contribution in [3.63, 3.8) is 0 Å². The molecule has 1 aromatic carbocycles. The molecule has 1 aliphatic rings. The van der Waals surface area contributed by atoms with Crippen molar-refractivity contribution < 1.29 is 14.3 Å². The lowest BCUT2D eigenvalue weighted by atomic mass is 10.1. The van der Waals surface area contributed by atoms with Crippen molar-refractivity contribution in [2.24, 2.45) is 0 Å². The number of rotatable bonds is 2. The van der Waals surface area contributed by atoms with Crippen molar-refractivity contribution in [1.29, 1.82) is 5.26 Å². The second kappa shape index (κ2) is 4.75. The van der Waals surface area contributed by atoms with Gasteiger partial charge in [0.2, 0.25) is 0 Å². The van der Waals surface area contributed by atoms with Crippen LogP contribution in [0.4, 0.5) is 5.69 Å². The molecule has 1 atom stereocenters. The quantitative estimate of drug-likeness (QED) is 0.744. The predicted molar refractivity (Wildman–Crippen MR) is 62.6 cm³/mol. The molecule has 18 heavy (non-hydrogen) atoms. The van der Waals surface area contributed by atoms with Crippen molar-refractivity contribution in [3.05, 3.63) is 23.8 Å². The Morgan fingerprint density at radius 2 is 2.39 bits per heavy atom. The fraction of sp³-hybridized carbons (Fsp3) is 0.250. The monoisotopic (exact) mass is 245 g/mol. The summed E-state index contributed by atoms with van der Waals surface area (Å²) in [6, 6.07) is 6.66. The molecule has 0 aliphatic carbocycles. The summed E-state index contributed by atoms with van der Waals surface area (Å²) < 4.78 is 5.39. The van der Waals surface area contributed by atoms with Gasteiger partial charge in [-0.3, -0.25) is 9.59 Å². The van der Waals surface area contributed by atoms with E-state index in [9.17, 15) is 9.59 Å². The standard InChI is InChI=1S/C12H11N3O3/c1-7-12(17)15-9-4-8(2-3-10(9)18-7)6-14-11(16)5-13/h2-4,7H,6H2,1H3,(H,14,16)(H,15,17). The predicted octanol–water partition coefficient (Wildman–Crippen LogP) is 0.546. The van der Waals surface area contributed by atoms with Crippen LogP contribution in [0.2, 0.25) is 0 Å².